The van der Waals surface area contributed by atoms with Crippen LogP contribution in [0.2, 0.25) is 0 Å². The average molecular weight is 361 g/mol. The molecule has 1 heterocycles. The molecule has 2 aromatic rings. The highest BCUT2D eigenvalue weighted by atomic mass is 16.4. The molecule has 0 aliphatic carbocycles. The molecule has 0 saturated carbocycles. The maximum Gasteiger partial charge on any atom is 0.326 e. The number of fused-ring (bicyclic) bond motifs is 1. The number of hydrogen-bond acceptors (Lipinski definition) is 5. The minimum absolute atomic E-state index is 0.103. The van der Waals surface area contributed by atoms with Crippen molar-refractivity contribution in [3.8, 4) is 0 Å². The Morgan fingerprint density at radius 3 is 2.69 bits per heavy atom. The number of carboxylic acid groups (broad SMARTS) is 1. The van der Waals surface area contributed by atoms with E-state index in [1.165, 1.54) is 6.33 Å². The molecular weight excluding hydrogens is 342 g/mol. The third-order valence-corrected chi connectivity index (χ3v) is 3.65. The molecule has 10 heteroatoms. The fraction of sp³-hybridized carbons (Fsp3) is 0.312. The summed E-state index contributed by atoms with van der Waals surface area (Å²) in [7, 11) is 0. The SMILES string of the molecule is NC(=O)NCCCC(NC(=O)Cn1cnc2ccccc2c1=O)C(=O)O. The van der Waals surface area contributed by atoms with E-state index in [0.717, 1.165) is 4.57 Å². The predicted octanol–water partition coefficient (Wildman–Crippen LogP) is -0.586. The lowest BCUT2D eigenvalue weighted by Crippen LogP contribution is -2.43. The molecule has 3 amide bonds. The lowest BCUT2D eigenvalue weighted by molar-refractivity contribution is -0.142. The summed E-state index contributed by atoms with van der Waals surface area (Å²) in [5.74, 6) is -1.83. The van der Waals surface area contributed by atoms with Crippen molar-refractivity contribution in [3.05, 3.63) is 40.9 Å². The van der Waals surface area contributed by atoms with Crippen molar-refractivity contribution in [1.29, 1.82) is 0 Å². The lowest BCUT2D eigenvalue weighted by atomic mass is 10.1. The molecule has 1 unspecified atom stereocenters. The van der Waals surface area contributed by atoms with Gasteiger partial charge in [-0.25, -0.2) is 14.6 Å². The largest absolute Gasteiger partial charge is 0.480 e. The van der Waals surface area contributed by atoms with Gasteiger partial charge in [-0.05, 0) is 25.0 Å². The number of carbonyl (C=O) groups is 3. The van der Waals surface area contributed by atoms with Crippen LogP contribution >= 0.6 is 0 Å². The molecule has 0 aliphatic rings. The smallest absolute Gasteiger partial charge is 0.326 e. The number of aromatic nitrogens is 2. The second kappa shape index (κ2) is 8.60. The summed E-state index contributed by atoms with van der Waals surface area (Å²) in [5, 5.41) is 14.3. The van der Waals surface area contributed by atoms with Crippen LogP contribution in [0.5, 0.6) is 0 Å². The summed E-state index contributed by atoms with van der Waals surface area (Å²) in [5.41, 5.74) is 5.04. The van der Waals surface area contributed by atoms with E-state index in [9.17, 15) is 24.3 Å². The van der Waals surface area contributed by atoms with Gasteiger partial charge >= 0.3 is 12.0 Å². The zero-order valence-electron chi connectivity index (χ0n) is 13.8. The molecule has 1 aromatic heterocycles. The number of carbonyl (C=O) groups excluding carboxylic acids is 2. The first kappa shape index (κ1) is 18.9. The third kappa shape index (κ3) is 5.03. The van der Waals surface area contributed by atoms with Crippen LogP contribution in [0.4, 0.5) is 4.79 Å². The predicted molar refractivity (Wildman–Crippen MR) is 92.4 cm³/mol. The number of hydrogen-bond donors (Lipinski definition) is 4. The summed E-state index contributed by atoms with van der Waals surface area (Å²) in [4.78, 5) is 50.4. The number of aliphatic carboxylic acids is 1. The number of carboxylic acids is 1. The number of urea groups is 1. The number of benzene rings is 1. The quantitative estimate of drug-likeness (QED) is 0.461. The van der Waals surface area contributed by atoms with Crippen LogP contribution in [-0.4, -0.2) is 45.2 Å². The Morgan fingerprint density at radius 2 is 2.00 bits per heavy atom. The number of amides is 3. The first-order valence-electron chi connectivity index (χ1n) is 7.88. The summed E-state index contributed by atoms with van der Waals surface area (Å²) < 4.78 is 1.12. The van der Waals surface area contributed by atoms with Crippen LogP contribution in [0.15, 0.2) is 35.4 Å². The topological polar surface area (TPSA) is 156 Å². The van der Waals surface area contributed by atoms with Gasteiger partial charge in [-0.3, -0.25) is 14.2 Å². The van der Waals surface area contributed by atoms with Gasteiger partial charge in [0, 0.05) is 6.54 Å². The molecule has 1 aromatic carbocycles. The summed E-state index contributed by atoms with van der Waals surface area (Å²) >= 11 is 0. The molecule has 26 heavy (non-hydrogen) atoms. The van der Waals surface area contributed by atoms with Crippen molar-refractivity contribution >= 4 is 28.8 Å². The number of rotatable bonds is 8. The van der Waals surface area contributed by atoms with Crippen LogP contribution in [0.1, 0.15) is 12.8 Å². The summed E-state index contributed by atoms with van der Waals surface area (Å²) in [6.45, 7) is -0.150. The Morgan fingerprint density at radius 1 is 1.27 bits per heavy atom. The first-order valence-corrected chi connectivity index (χ1v) is 7.88. The minimum Gasteiger partial charge on any atom is -0.480 e. The van der Waals surface area contributed by atoms with E-state index < -0.39 is 23.9 Å². The normalized spacial score (nSPS) is 11.7. The highest BCUT2D eigenvalue weighted by Crippen LogP contribution is 2.04. The average Bonchev–Trinajstić information content (AvgIpc) is 2.60. The highest BCUT2D eigenvalue weighted by Gasteiger charge is 2.20. The molecule has 10 nitrogen and oxygen atoms in total. The Labute approximate surface area is 148 Å². The van der Waals surface area contributed by atoms with Gasteiger partial charge in [0.1, 0.15) is 12.6 Å². The molecule has 138 valence electrons. The number of nitrogens with zero attached hydrogens (tertiary/aromatic N) is 2. The number of nitrogens with two attached hydrogens (primary N) is 1. The highest BCUT2D eigenvalue weighted by molar-refractivity contribution is 5.83. The van der Waals surface area contributed by atoms with Crippen LogP contribution < -0.4 is 21.9 Å². The monoisotopic (exact) mass is 361 g/mol. The van der Waals surface area contributed by atoms with Gasteiger partial charge in [-0.15, -0.1) is 0 Å². The van der Waals surface area contributed by atoms with E-state index in [2.05, 4.69) is 15.6 Å². The molecule has 0 spiro atoms. The van der Waals surface area contributed by atoms with Gasteiger partial charge in [0.2, 0.25) is 5.91 Å². The molecule has 5 N–H and O–H groups in total. The standard InChI is InChI=1S/C16H19N5O5/c17-16(26)18-7-3-6-12(15(24)25)20-13(22)8-21-9-19-11-5-2-1-4-10(11)14(21)23/h1-2,4-5,9,12H,3,6-8H2,(H,20,22)(H,24,25)(H3,17,18,26). The van der Waals surface area contributed by atoms with E-state index >= 15 is 0 Å². The Balaban J connectivity index is 1.99. The number of primary amides is 1. The molecule has 2 rings (SSSR count). The van der Waals surface area contributed by atoms with Gasteiger partial charge in [0.25, 0.3) is 5.56 Å². The fourth-order valence-electron chi connectivity index (χ4n) is 2.39. The van der Waals surface area contributed by atoms with E-state index in [1.807, 2.05) is 0 Å². The summed E-state index contributed by atoms with van der Waals surface area (Å²) in [6, 6.07) is 4.88. The van der Waals surface area contributed by atoms with Crippen molar-refractivity contribution < 1.29 is 19.5 Å². The Bertz CT molecular complexity index is 879. The van der Waals surface area contributed by atoms with Gasteiger partial charge in [0.05, 0.1) is 17.2 Å². The molecular formula is C16H19N5O5. The van der Waals surface area contributed by atoms with E-state index in [-0.39, 0.29) is 25.1 Å². The Kier molecular flexibility index (Phi) is 6.25. The molecule has 0 aliphatic heterocycles. The molecule has 0 bridgehead atoms. The third-order valence-electron chi connectivity index (χ3n) is 3.65. The zero-order chi connectivity index (χ0) is 19.1. The second-order valence-corrected chi connectivity index (χ2v) is 5.59. The van der Waals surface area contributed by atoms with Crippen LogP contribution in [0, 0.1) is 0 Å². The zero-order valence-corrected chi connectivity index (χ0v) is 13.8. The first-order chi connectivity index (χ1) is 12.4. The van der Waals surface area contributed by atoms with E-state index in [0.29, 0.717) is 17.3 Å². The van der Waals surface area contributed by atoms with Crippen molar-refractivity contribution in [1.82, 2.24) is 20.2 Å². The summed E-state index contributed by atoms with van der Waals surface area (Å²) in [6.07, 6.45) is 1.67. The number of nitrogens with one attached hydrogen (secondary N) is 2. The fourth-order valence-corrected chi connectivity index (χ4v) is 2.39. The van der Waals surface area contributed by atoms with Gasteiger partial charge in [-0.2, -0.15) is 0 Å². The van der Waals surface area contributed by atoms with Crippen molar-refractivity contribution in [2.24, 2.45) is 5.73 Å². The van der Waals surface area contributed by atoms with Crippen molar-refractivity contribution in [2.45, 2.75) is 25.4 Å². The second-order valence-electron chi connectivity index (χ2n) is 5.59. The maximum absolute atomic E-state index is 12.3. The molecule has 1 atom stereocenters. The van der Waals surface area contributed by atoms with E-state index in [4.69, 9.17) is 5.73 Å². The van der Waals surface area contributed by atoms with Crippen molar-refractivity contribution in [2.75, 3.05) is 6.54 Å². The molecule has 0 radical (unpaired) electrons. The lowest BCUT2D eigenvalue weighted by Gasteiger charge is -2.15. The van der Waals surface area contributed by atoms with Gasteiger partial charge in [0.15, 0.2) is 0 Å². The van der Waals surface area contributed by atoms with Crippen molar-refractivity contribution in [3.63, 3.8) is 0 Å². The molecule has 0 fully saturated rings. The van der Waals surface area contributed by atoms with E-state index in [1.54, 1.807) is 24.3 Å². The Hall–Kier alpha value is -3.43. The van der Waals surface area contributed by atoms with Gasteiger partial charge < -0.3 is 21.5 Å². The van der Waals surface area contributed by atoms with Gasteiger partial charge in [-0.1, -0.05) is 12.1 Å². The van der Waals surface area contributed by atoms with Crippen LogP contribution in [0.3, 0.4) is 0 Å². The number of para-hydroxylation sites is 1. The molecule has 0 saturated heterocycles. The van der Waals surface area contributed by atoms with Crippen LogP contribution in [-0.2, 0) is 16.1 Å². The maximum atomic E-state index is 12.3. The van der Waals surface area contributed by atoms with Crippen LogP contribution in [0.25, 0.3) is 10.9 Å². The minimum atomic E-state index is -1.21.